The highest BCUT2D eigenvalue weighted by Crippen LogP contribution is 2.44. The van der Waals surface area contributed by atoms with Crippen LogP contribution in [-0.2, 0) is 18.9 Å². The van der Waals surface area contributed by atoms with Gasteiger partial charge in [-0.15, -0.1) is 0 Å². The highest BCUT2D eigenvalue weighted by atomic mass is 33.7. The van der Waals surface area contributed by atoms with E-state index < -0.39 is 0 Å². The Morgan fingerprint density at radius 3 is 1.14 bits per heavy atom. The van der Waals surface area contributed by atoms with Gasteiger partial charge in [0.25, 0.3) is 0 Å². The van der Waals surface area contributed by atoms with Gasteiger partial charge in [0.15, 0.2) is 0 Å². The van der Waals surface area contributed by atoms with Crippen LogP contribution in [0.1, 0.15) is 54.4 Å². The summed E-state index contributed by atoms with van der Waals surface area (Å²) in [5, 5.41) is 0. The SMILES string of the molecule is CCOC(CCSSSSCCC(OCC)(OCC)[SiH2]CC)(OCC)[SiH2]CC. The molecule has 0 fully saturated rings. The molecule has 0 atom stereocenters. The van der Waals surface area contributed by atoms with E-state index in [1.54, 1.807) is 0 Å². The quantitative estimate of drug-likeness (QED) is 0.0920. The molecule has 0 bridgehead atoms. The second-order valence-corrected chi connectivity index (χ2v) is 17.7. The number of hydrogen-bond acceptors (Lipinski definition) is 8. The number of hydrogen-bond donors (Lipinski definition) is 0. The van der Waals surface area contributed by atoms with Gasteiger partial charge in [0.2, 0.25) is 0 Å². The Morgan fingerprint density at radius 1 is 0.571 bits per heavy atom. The van der Waals surface area contributed by atoms with Crippen molar-refractivity contribution in [2.75, 3.05) is 37.9 Å². The molecule has 0 heterocycles. The first-order valence-electron chi connectivity index (χ1n) is 10.7. The van der Waals surface area contributed by atoms with Gasteiger partial charge in [0.05, 0.1) is 19.0 Å². The topological polar surface area (TPSA) is 36.9 Å². The molecule has 0 aliphatic rings. The fraction of sp³-hybridized carbons (Fsp3) is 1.00. The Morgan fingerprint density at radius 2 is 0.893 bits per heavy atom. The van der Waals surface area contributed by atoms with Crippen LogP contribution in [0.3, 0.4) is 0 Å². The van der Waals surface area contributed by atoms with Crippen LogP contribution < -0.4 is 0 Å². The first kappa shape index (κ1) is 29.7. The van der Waals surface area contributed by atoms with Crippen LogP contribution in [0, 0.1) is 0 Å². The maximum atomic E-state index is 6.04. The minimum Gasteiger partial charge on any atom is -0.355 e. The Hall–Kier alpha value is 1.67. The summed E-state index contributed by atoms with van der Waals surface area (Å²) in [6.45, 7) is 15.7. The summed E-state index contributed by atoms with van der Waals surface area (Å²) in [5.41, 5.74) is -0.522. The van der Waals surface area contributed by atoms with Crippen LogP contribution in [0.2, 0.25) is 12.1 Å². The third-order valence-electron chi connectivity index (χ3n) is 4.15. The van der Waals surface area contributed by atoms with E-state index in [4.69, 9.17) is 18.9 Å². The van der Waals surface area contributed by atoms with E-state index in [1.807, 2.05) is 41.2 Å². The molecule has 0 amide bonds. The minimum absolute atomic E-state index is 0.261. The summed E-state index contributed by atoms with van der Waals surface area (Å²) in [4.78, 5) is 0. The molecule has 0 spiro atoms. The van der Waals surface area contributed by atoms with Crippen molar-refractivity contribution < 1.29 is 18.9 Å². The summed E-state index contributed by atoms with van der Waals surface area (Å²) in [7, 11) is 6.82. The van der Waals surface area contributed by atoms with E-state index >= 15 is 0 Å². The third kappa shape index (κ3) is 13.2. The summed E-state index contributed by atoms with van der Waals surface area (Å²) < 4.78 is 24.2. The lowest BCUT2D eigenvalue weighted by atomic mass is 10.4. The molecule has 0 aliphatic carbocycles. The van der Waals surface area contributed by atoms with Crippen LogP contribution in [0.15, 0.2) is 0 Å². The first-order valence-corrected chi connectivity index (χ1v) is 19.3. The molecule has 0 aromatic rings. The van der Waals surface area contributed by atoms with E-state index in [9.17, 15) is 0 Å². The summed E-state index contributed by atoms with van der Waals surface area (Å²) >= 11 is 0. The van der Waals surface area contributed by atoms with Crippen LogP contribution in [0.25, 0.3) is 0 Å². The normalized spacial score (nSPS) is 13.5. The standard InChI is InChI=1S/C18H42O4S4Si2/c1-7-19-17(20-8-2,27-11-5)13-15-23-25-26-24-16-14-18(21-9-3,22-10-4)28-12-6/h7-16,27-28H2,1-6H3. The van der Waals surface area contributed by atoms with Crippen molar-refractivity contribution in [3.05, 3.63) is 0 Å². The molecule has 0 radical (unpaired) electrons. The lowest BCUT2D eigenvalue weighted by Gasteiger charge is -2.33. The zero-order valence-electron chi connectivity index (χ0n) is 18.8. The van der Waals surface area contributed by atoms with Gasteiger partial charge in [-0.1, -0.05) is 47.5 Å². The Kier molecular flexibility index (Phi) is 20.5. The predicted molar refractivity (Wildman–Crippen MR) is 139 cm³/mol. The molecule has 0 aromatic heterocycles. The van der Waals surface area contributed by atoms with E-state index in [0.29, 0.717) is 0 Å². The molecule has 10 heteroatoms. The van der Waals surface area contributed by atoms with Gasteiger partial charge in [-0.25, -0.2) is 0 Å². The highest BCUT2D eigenvalue weighted by Gasteiger charge is 2.31. The number of ether oxygens (including phenoxy) is 4. The molecule has 0 aliphatic heterocycles. The summed E-state index contributed by atoms with van der Waals surface area (Å²) in [6.07, 6.45) is 2.00. The van der Waals surface area contributed by atoms with Gasteiger partial charge in [0.1, 0.15) is 10.8 Å². The van der Waals surface area contributed by atoms with Crippen molar-refractivity contribution >= 4 is 60.3 Å². The van der Waals surface area contributed by atoms with Crippen LogP contribution in [0.4, 0.5) is 0 Å². The molecule has 4 nitrogen and oxygen atoms in total. The highest BCUT2D eigenvalue weighted by molar-refractivity contribution is 9.26. The van der Waals surface area contributed by atoms with Crippen molar-refractivity contribution in [3.8, 4) is 0 Å². The molecule has 0 saturated heterocycles. The van der Waals surface area contributed by atoms with Crippen molar-refractivity contribution in [2.24, 2.45) is 0 Å². The second-order valence-electron chi connectivity index (χ2n) is 6.33. The fourth-order valence-corrected chi connectivity index (χ4v) is 13.7. The maximum absolute atomic E-state index is 6.04. The Balaban J connectivity index is 4.14. The van der Waals surface area contributed by atoms with Gasteiger partial charge in [-0.3, -0.25) is 0 Å². The first-order chi connectivity index (χ1) is 13.6. The molecule has 28 heavy (non-hydrogen) atoms. The molecule has 0 aromatic carbocycles. The lowest BCUT2D eigenvalue weighted by molar-refractivity contribution is -0.176. The largest absolute Gasteiger partial charge is 0.355 e. The van der Waals surface area contributed by atoms with Gasteiger partial charge in [-0.2, -0.15) is 0 Å². The molecular weight excluding hydrogens is 465 g/mol. The van der Waals surface area contributed by atoms with E-state index in [-0.39, 0.29) is 29.9 Å². The van der Waals surface area contributed by atoms with Gasteiger partial charge in [0, 0.05) is 50.8 Å². The van der Waals surface area contributed by atoms with Crippen molar-refractivity contribution in [2.45, 2.75) is 77.3 Å². The summed E-state index contributed by atoms with van der Waals surface area (Å²) in [6, 6.07) is 2.43. The average molecular weight is 507 g/mol. The average Bonchev–Trinajstić information content (AvgIpc) is 2.65. The van der Waals surface area contributed by atoms with Gasteiger partial charge >= 0.3 is 0 Å². The van der Waals surface area contributed by atoms with Crippen LogP contribution in [-0.4, -0.2) is 67.8 Å². The smallest absolute Gasteiger partial charge is 0.145 e. The maximum Gasteiger partial charge on any atom is 0.145 e. The molecular formula is C18H42O4S4Si2. The van der Waals surface area contributed by atoms with E-state index in [0.717, 1.165) is 50.8 Å². The Labute approximate surface area is 193 Å². The van der Waals surface area contributed by atoms with Gasteiger partial charge in [-0.05, 0) is 47.3 Å². The minimum atomic E-state index is -0.375. The lowest BCUT2D eigenvalue weighted by Crippen LogP contribution is -2.43. The molecule has 170 valence electrons. The van der Waals surface area contributed by atoms with Crippen molar-refractivity contribution in [1.82, 2.24) is 0 Å². The monoisotopic (exact) mass is 506 g/mol. The third-order valence-corrected chi connectivity index (χ3v) is 14.7. The van der Waals surface area contributed by atoms with Crippen molar-refractivity contribution in [1.29, 1.82) is 0 Å². The molecule has 0 rings (SSSR count). The zero-order chi connectivity index (χ0) is 21.1. The van der Waals surface area contributed by atoms with E-state index in [1.165, 1.54) is 12.1 Å². The van der Waals surface area contributed by atoms with E-state index in [2.05, 4.69) is 41.5 Å². The zero-order valence-corrected chi connectivity index (χ0v) is 24.8. The van der Waals surface area contributed by atoms with Crippen molar-refractivity contribution in [3.63, 3.8) is 0 Å². The fourth-order valence-electron chi connectivity index (χ4n) is 3.23. The van der Waals surface area contributed by atoms with Crippen LogP contribution in [0.5, 0.6) is 0 Å². The number of rotatable bonds is 21. The molecule has 0 N–H and O–H groups in total. The van der Waals surface area contributed by atoms with Gasteiger partial charge < -0.3 is 18.9 Å². The Bertz CT molecular complexity index is 292. The van der Waals surface area contributed by atoms with Crippen LogP contribution >= 0.6 is 41.2 Å². The molecule has 0 saturated carbocycles. The summed E-state index contributed by atoms with van der Waals surface area (Å²) in [5.74, 6) is 2.13. The molecule has 0 unspecified atom stereocenters. The predicted octanol–water partition coefficient (Wildman–Crippen LogP) is 5.11. The second kappa shape index (κ2) is 19.4.